The molecule has 1 aliphatic rings. The van der Waals surface area contributed by atoms with E-state index in [1.54, 1.807) is 12.3 Å². The molecule has 1 fully saturated rings. The zero-order chi connectivity index (χ0) is 28.1. The van der Waals surface area contributed by atoms with Crippen molar-refractivity contribution < 1.29 is 8.42 Å². The number of hydrogen-bond donors (Lipinski definition) is 2. The fourth-order valence-corrected chi connectivity index (χ4v) is 6.62. The minimum absolute atomic E-state index is 0.176. The molecule has 202 valence electrons. The van der Waals surface area contributed by atoms with Gasteiger partial charge in [0.05, 0.1) is 35.4 Å². The Morgan fingerprint density at radius 1 is 0.923 bits per heavy atom. The summed E-state index contributed by atoms with van der Waals surface area (Å²) < 4.78 is 28.6. The van der Waals surface area contributed by atoms with Crippen molar-refractivity contribution in [2.24, 2.45) is 0 Å². The highest BCUT2D eigenvalue weighted by molar-refractivity contribution is 7.92. The maximum atomic E-state index is 11.9. The lowest BCUT2D eigenvalue weighted by molar-refractivity contribution is 0.565. The number of hydrogen-bond acceptors (Lipinski definition) is 4. The zero-order valence-corrected chi connectivity index (χ0v) is 24.6. The number of anilines is 2. The Hall–Kier alpha value is -3.69. The Labute approximate surface area is 235 Å². The van der Waals surface area contributed by atoms with E-state index in [0.29, 0.717) is 10.8 Å². The molecule has 7 nitrogen and oxygen atoms in total. The van der Waals surface area contributed by atoms with Crippen LogP contribution in [0.4, 0.5) is 11.4 Å². The number of aryl methyl sites for hydroxylation is 4. The molecule has 39 heavy (non-hydrogen) atoms. The average molecular weight is 560 g/mol. The van der Waals surface area contributed by atoms with Crippen LogP contribution in [0.25, 0.3) is 5.69 Å². The first-order valence-corrected chi connectivity index (χ1v) is 15.1. The second-order valence-corrected chi connectivity index (χ2v) is 12.4. The number of benzene rings is 2. The number of nitrogens with zero attached hydrogens (tertiary/aromatic N) is 3. The summed E-state index contributed by atoms with van der Waals surface area (Å²) in [5.74, 6) is 0. The third kappa shape index (κ3) is 5.04. The molecule has 0 unspecified atom stereocenters. The van der Waals surface area contributed by atoms with Gasteiger partial charge in [-0.25, -0.2) is 8.42 Å². The van der Waals surface area contributed by atoms with Crippen LogP contribution in [0.2, 0.25) is 0 Å². The predicted molar refractivity (Wildman–Crippen MR) is 162 cm³/mol. The lowest BCUT2D eigenvalue weighted by atomic mass is 9.96. The highest BCUT2D eigenvalue weighted by atomic mass is 32.2. The van der Waals surface area contributed by atoms with Crippen molar-refractivity contribution in [1.29, 1.82) is 0 Å². The van der Waals surface area contributed by atoms with Gasteiger partial charge in [0, 0.05) is 23.3 Å². The van der Waals surface area contributed by atoms with E-state index < -0.39 is 10.0 Å². The summed E-state index contributed by atoms with van der Waals surface area (Å²) in [6.45, 7) is 10.5. The van der Waals surface area contributed by atoms with Crippen LogP contribution < -0.4 is 14.9 Å². The van der Waals surface area contributed by atoms with Gasteiger partial charge in [0.25, 0.3) is 0 Å². The first-order chi connectivity index (χ1) is 18.5. The number of aromatic nitrogens is 2. The molecule has 9 heteroatoms. The van der Waals surface area contributed by atoms with Gasteiger partial charge in [-0.15, -0.1) is 0 Å². The van der Waals surface area contributed by atoms with Crippen LogP contribution in [0, 0.1) is 34.6 Å². The molecule has 1 aliphatic heterocycles. The summed E-state index contributed by atoms with van der Waals surface area (Å²) in [4.78, 5) is 6.81. The molecule has 0 spiro atoms. The van der Waals surface area contributed by atoms with Gasteiger partial charge >= 0.3 is 0 Å². The smallest absolute Gasteiger partial charge is 0.229 e. The minimum atomic E-state index is -3.39. The first-order valence-electron chi connectivity index (χ1n) is 12.8. The van der Waals surface area contributed by atoms with Gasteiger partial charge in [0.15, 0.2) is 5.11 Å². The SMILES string of the molecule is Cc1cc(N2C(=S)N[C@@H](c3ccccn3)[C@@H]2c2cc(C)n(-c3c(C)cccc3C)c2C)ccc1NS(C)(=O)=O. The standard InChI is InChI=1S/C30H33N5O2S2/c1-18-10-9-11-19(2)28(18)34-21(4)17-24(22(34)5)29-27(26-12-7-8-15-31-26)32-30(38)35(29)23-13-14-25(20(3)16-23)33-39(6,36)37/h7-17,27,29,33H,1-6H3,(H,32,38)/t27-,29-/m0/s1. The van der Waals surface area contributed by atoms with Crippen molar-refractivity contribution in [3.8, 4) is 5.69 Å². The fraction of sp³-hybridized carbons (Fsp3) is 0.267. The van der Waals surface area contributed by atoms with E-state index in [2.05, 4.69) is 76.5 Å². The maximum absolute atomic E-state index is 11.9. The Morgan fingerprint density at radius 2 is 1.64 bits per heavy atom. The van der Waals surface area contributed by atoms with Crippen LogP contribution >= 0.6 is 12.2 Å². The Bertz CT molecular complexity index is 1660. The van der Waals surface area contributed by atoms with E-state index in [9.17, 15) is 8.42 Å². The predicted octanol–water partition coefficient (Wildman–Crippen LogP) is 5.96. The molecule has 0 radical (unpaired) electrons. The summed E-state index contributed by atoms with van der Waals surface area (Å²) in [6.07, 6.45) is 2.95. The average Bonchev–Trinajstić information content (AvgIpc) is 3.36. The van der Waals surface area contributed by atoms with Crippen LogP contribution in [0.3, 0.4) is 0 Å². The molecule has 0 amide bonds. The molecule has 0 saturated carbocycles. The molecule has 4 aromatic rings. The van der Waals surface area contributed by atoms with Crippen LogP contribution in [-0.2, 0) is 10.0 Å². The molecule has 5 rings (SSSR count). The molecule has 2 aromatic carbocycles. The fourth-order valence-electron chi connectivity index (χ4n) is 5.65. The van der Waals surface area contributed by atoms with Crippen LogP contribution in [0.15, 0.2) is 66.9 Å². The van der Waals surface area contributed by atoms with Crippen LogP contribution in [-0.4, -0.2) is 29.3 Å². The Kier molecular flexibility index (Phi) is 6.99. The number of thiocarbonyl (C=S) groups is 1. The molecule has 0 aliphatic carbocycles. The molecule has 1 saturated heterocycles. The highest BCUT2D eigenvalue weighted by Gasteiger charge is 2.42. The molecule has 0 bridgehead atoms. The van der Waals surface area contributed by atoms with Gasteiger partial charge < -0.3 is 14.8 Å². The van der Waals surface area contributed by atoms with Gasteiger partial charge in [0.1, 0.15) is 0 Å². The van der Waals surface area contributed by atoms with E-state index >= 15 is 0 Å². The van der Waals surface area contributed by atoms with E-state index in [-0.39, 0.29) is 12.1 Å². The van der Waals surface area contributed by atoms with Crippen molar-refractivity contribution in [2.75, 3.05) is 15.9 Å². The number of nitrogens with one attached hydrogen (secondary N) is 2. The summed E-state index contributed by atoms with van der Waals surface area (Å²) in [5, 5.41) is 4.13. The second-order valence-electron chi connectivity index (χ2n) is 10.3. The Morgan fingerprint density at radius 3 is 2.26 bits per heavy atom. The number of sulfonamides is 1. The van der Waals surface area contributed by atoms with E-state index in [0.717, 1.165) is 40.2 Å². The quantitative estimate of drug-likeness (QED) is 0.284. The first kappa shape index (κ1) is 26.9. The molecule has 2 aromatic heterocycles. The van der Waals surface area contributed by atoms with Crippen molar-refractivity contribution in [3.63, 3.8) is 0 Å². The van der Waals surface area contributed by atoms with Crippen molar-refractivity contribution in [2.45, 2.75) is 46.7 Å². The van der Waals surface area contributed by atoms with Gasteiger partial charge in [-0.3, -0.25) is 9.71 Å². The monoisotopic (exact) mass is 559 g/mol. The second kappa shape index (κ2) is 10.1. The van der Waals surface area contributed by atoms with E-state index in [1.165, 1.54) is 16.8 Å². The normalized spacial score (nSPS) is 17.4. The molecule has 3 heterocycles. The number of rotatable bonds is 6. The Balaban J connectivity index is 1.68. The van der Waals surface area contributed by atoms with E-state index in [4.69, 9.17) is 12.2 Å². The zero-order valence-electron chi connectivity index (χ0n) is 23.0. The van der Waals surface area contributed by atoms with Gasteiger partial charge in [-0.05, 0) is 105 Å². The van der Waals surface area contributed by atoms with E-state index in [1.807, 2.05) is 37.3 Å². The van der Waals surface area contributed by atoms with Gasteiger partial charge in [0.2, 0.25) is 10.0 Å². The van der Waals surface area contributed by atoms with Crippen molar-refractivity contribution in [3.05, 3.63) is 106 Å². The van der Waals surface area contributed by atoms with Gasteiger partial charge in [-0.2, -0.15) is 0 Å². The third-order valence-corrected chi connectivity index (χ3v) is 8.24. The topological polar surface area (TPSA) is 79.3 Å². The lowest BCUT2D eigenvalue weighted by Gasteiger charge is -2.29. The summed E-state index contributed by atoms with van der Waals surface area (Å²) in [5.41, 5.74) is 10.2. The number of pyridine rings is 1. The number of para-hydroxylation sites is 1. The summed E-state index contributed by atoms with van der Waals surface area (Å²) in [6, 6.07) is 19.9. The van der Waals surface area contributed by atoms with Crippen LogP contribution in [0.1, 0.15) is 51.4 Å². The molecule has 2 N–H and O–H groups in total. The summed E-state index contributed by atoms with van der Waals surface area (Å²) in [7, 11) is -3.39. The third-order valence-electron chi connectivity index (χ3n) is 7.33. The highest BCUT2D eigenvalue weighted by Crippen LogP contribution is 2.44. The van der Waals surface area contributed by atoms with Gasteiger partial charge in [-0.1, -0.05) is 24.3 Å². The molecule has 2 atom stereocenters. The van der Waals surface area contributed by atoms with Crippen molar-refractivity contribution >= 4 is 38.7 Å². The molecular formula is C30H33N5O2S2. The lowest BCUT2D eigenvalue weighted by Crippen LogP contribution is -2.29. The van der Waals surface area contributed by atoms with Crippen LogP contribution in [0.5, 0.6) is 0 Å². The largest absolute Gasteiger partial charge is 0.351 e. The summed E-state index contributed by atoms with van der Waals surface area (Å²) >= 11 is 5.93. The molecular weight excluding hydrogens is 526 g/mol. The maximum Gasteiger partial charge on any atom is 0.229 e. The minimum Gasteiger partial charge on any atom is -0.351 e. The van der Waals surface area contributed by atoms with Crippen molar-refractivity contribution in [1.82, 2.24) is 14.9 Å².